The van der Waals surface area contributed by atoms with Gasteiger partial charge in [-0.25, -0.2) is 0 Å². The van der Waals surface area contributed by atoms with E-state index in [1.165, 1.54) is 6.08 Å². The first-order valence-corrected chi connectivity index (χ1v) is 2.04. The molecule has 7 heavy (non-hydrogen) atoms. The lowest BCUT2D eigenvalue weighted by atomic mass is 10.3. The molecule has 0 heterocycles. The highest BCUT2D eigenvalue weighted by molar-refractivity contribution is 5.30. The summed E-state index contributed by atoms with van der Waals surface area (Å²) < 4.78 is 0. The van der Waals surface area contributed by atoms with E-state index in [9.17, 15) is 0 Å². The first-order valence-electron chi connectivity index (χ1n) is 2.04. The predicted octanol–water partition coefficient (Wildman–Crippen LogP) is 1.64. The molecule has 0 N–H and O–H groups in total. The van der Waals surface area contributed by atoms with Crippen molar-refractivity contribution in [3.05, 3.63) is 24.3 Å². The van der Waals surface area contributed by atoms with E-state index in [-0.39, 0.29) is 0 Å². The highest BCUT2D eigenvalue weighted by atomic mass is 14.2. The van der Waals surface area contributed by atoms with Crippen molar-refractivity contribution in [1.29, 1.82) is 5.26 Å². The maximum Gasteiger partial charge on any atom is 0.0987 e. The summed E-state index contributed by atoms with van der Waals surface area (Å²) in [6.07, 6.45) is 3.24. The molecule has 0 saturated heterocycles. The minimum Gasteiger partial charge on any atom is -0.192 e. The zero-order valence-electron chi connectivity index (χ0n) is 4.31. The van der Waals surface area contributed by atoms with E-state index in [0.717, 1.165) is 0 Å². The Bertz CT molecular complexity index is 126. The summed E-state index contributed by atoms with van der Waals surface area (Å²) in [6, 6.07) is 1.94. The van der Waals surface area contributed by atoms with Crippen molar-refractivity contribution in [3.63, 3.8) is 0 Å². The Hall–Kier alpha value is -1.03. The monoisotopic (exact) mass is 93.1 g/mol. The first-order chi connectivity index (χ1) is 3.35. The lowest BCUT2D eigenvalue weighted by molar-refractivity contribution is 1.49. The van der Waals surface area contributed by atoms with Crippen molar-refractivity contribution in [3.8, 4) is 6.07 Å². The maximum atomic E-state index is 8.14. The van der Waals surface area contributed by atoms with Crippen LogP contribution in [0, 0.1) is 11.3 Å². The van der Waals surface area contributed by atoms with Crippen LogP contribution in [0.1, 0.15) is 6.92 Å². The highest BCUT2D eigenvalue weighted by Crippen LogP contribution is 1.88. The van der Waals surface area contributed by atoms with Crippen LogP contribution < -0.4 is 0 Å². The summed E-state index contributed by atoms with van der Waals surface area (Å²) in [5.74, 6) is 0. The minimum atomic E-state index is 0.625. The molecule has 0 aromatic rings. The molecular weight excluding hydrogens is 86.1 g/mol. The summed E-state index contributed by atoms with van der Waals surface area (Å²) in [5, 5.41) is 8.14. The van der Waals surface area contributed by atoms with Crippen LogP contribution >= 0.6 is 0 Å². The van der Waals surface area contributed by atoms with Gasteiger partial charge in [0, 0.05) is 5.57 Å². The van der Waals surface area contributed by atoms with E-state index in [1.807, 2.05) is 6.07 Å². The topological polar surface area (TPSA) is 23.8 Å². The van der Waals surface area contributed by atoms with Crippen molar-refractivity contribution in [2.24, 2.45) is 0 Å². The SMILES string of the molecule is C=C/C(C#N)=C\C. The highest BCUT2D eigenvalue weighted by Gasteiger charge is 1.76. The fourth-order valence-corrected chi connectivity index (χ4v) is 0.228. The summed E-state index contributed by atoms with van der Waals surface area (Å²) in [6.45, 7) is 5.22. The van der Waals surface area contributed by atoms with Gasteiger partial charge in [-0.05, 0) is 6.92 Å². The van der Waals surface area contributed by atoms with Gasteiger partial charge in [0.1, 0.15) is 0 Å². The molecule has 0 fully saturated rings. The standard InChI is InChI=1S/C6H7N/c1-3-6(4-2)5-7/h3-4H,1H2,2H3/b6-4+. The van der Waals surface area contributed by atoms with Crippen LogP contribution in [0.3, 0.4) is 0 Å². The number of hydrogen-bond donors (Lipinski definition) is 0. The Kier molecular flexibility index (Phi) is 2.70. The second-order valence-electron chi connectivity index (χ2n) is 1.06. The van der Waals surface area contributed by atoms with Gasteiger partial charge in [-0.2, -0.15) is 5.26 Å². The summed E-state index contributed by atoms with van der Waals surface area (Å²) in [7, 11) is 0. The third kappa shape index (κ3) is 1.77. The van der Waals surface area contributed by atoms with Crippen LogP contribution in [0.5, 0.6) is 0 Å². The molecule has 1 nitrogen and oxygen atoms in total. The Morgan fingerprint density at radius 3 is 2.43 bits per heavy atom. The van der Waals surface area contributed by atoms with Crippen LogP contribution in [-0.2, 0) is 0 Å². The van der Waals surface area contributed by atoms with E-state index < -0.39 is 0 Å². The van der Waals surface area contributed by atoms with Gasteiger partial charge < -0.3 is 0 Å². The molecule has 0 bridgehead atoms. The smallest absolute Gasteiger partial charge is 0.0987 e. The normalized spacial score (nSPS) is 10.0. The van der Waals surface area contributed by atoms with Crippen LogP contribution in [0.2, 0.25) is 0 Å². The zero-order valence-corrected chi connectivity index (χ0v) is 4.31. The molecule has 36 valence electrons. The lowest BCUT2D eigenvalue weighted by Gasteiger charge is -1.74. The molecule has 0 unspecified atom stereocenters. The molecule has 0 amide bonds. The van der Waals surface area contributed by atoms with Crippen molar-refractivity contribution in [2.45, 2.75) is 6.92 Å². The van der Waals surface area contributed by atoms with Crippen LogP contribution in [-0.4, -0.2) is 0 Å². The largest absolute Gasteiger partial charge is 0.192 e. The molecule has 0 atom stereocenters. The van der Waals surface area contributed by atoms with E-state index in [2.05, 4.69) is 6.58 Å². The van der Waals surface area contributed by atoms with Gasteiger partial charge in [0.25, 0.3) is 0 Å². The Morgan fingerprint density at radius 2 is 2.43 bits per heavy atom. The minimum absolute atomic E-state index is 0.625. The molecule has 0 aliphatic carbocycles. The molecule has 1 heteroatoms. The first kappa shape index (κ1) is 5.97. The molecule has 0 spiro atoms. The summed E-state index contributed by atoms with van der Waals surface area (Å²) in [5.41, 5.74) is 0.625. The summed E-state index contributed by atoms with van der Waals surface area (Å²) in [4.78, 5) is 0. The van der Waals surface area contributed by atoms with Gasteiger partial charge in [-0.1, -0.05) is 18.7 Å². The lowest BCUT2D eigenvalue weighted by Crippen LogP contribution is -1.62. The molecule has 0 aliphatic heterocycles. The number of rotatable bonds is 1. The molecule has 0 aromatic heterocycles. The van der Waals surface area contributed by atoms with Crippen LogP contribution in [0.4, 0.5) is 0 Å². The third-order valence-corrected chi connectivity index (χ3v) is 0.660. The zero-order chi connectivity index (χ0) is 5.70. The van der Waals surface area contributed by atoms with Crippen LogP contribution in [0.15, 0.2) is 24.3 Å². The van der Waals surface area contributed by atoms with Crippen molar-refractivity contribution in [2.75, 3.05) is 0 Å². The Balaban J connectivity index is 3.94. The molecule has 0 aromatic carbocycles. The van der Waals surface area contributed by atoms with Crippen molar-refractivity contribution < 1.29 is 0 Å². The van der Waals surface area contributed by atoms with Crippen LogP contribution in [0.25, 0.3) is 0 Å². The molecule has 0 saturated carbocycles. The fraction of sp³-hybridized carbons (Fsp3) is 0.167. The fourth-order valence-electron chi connectivity index (χ4n) is 0.228. The van der Waals surface area contributed by atoms with Crippen molar-refractivity contribution >= 4 is 0 Å². The van der Waals surface area contributed by atoms with E-state index in [1.54, 1.807) is 13.0 Å². The Morgan fingerprint density at radius 1 is 1.86 bits per heavy atom. The Labute approximate surface area is 43.6 Å². The predicted molar refractivity (Wildman–Crippen MR) is 29.6 cm³/mol. The molecular formula is C6H7N. The van der Waals surface area contributed by atoms with Gasteiger partial charge >= 0.3 is 0 Å². The van der Waals surface area contributed by atoms with Gasteiger partial charge in [-0.3, -0.25) is 0 Å². The maximum absolute atomic E-state index is 8.14. The second kappa shape index (κ2) is 3.17. The number of nitrogens with zero attached hydrogens (tertiary/aromatic N) is 1. The van der Waals surface area contributed by atoms with E-state index >= 15 is 0 Å². The van der Waals surface area contributed by atoms with E-state index in [0.29, 0.717) is 5.57 Å². The molecule has 0 aliphatic rings. The number of nitriles is 1. The average Bonchev–Trinajstić information content (AvgIpc) is 1.72. The number of hydrogen-bond acceptors (Lipinski definition) is 1. The van der Waals surface area contributed by atoms with Gasteiger partial charge in [0.2, 0.25) is 0 Å². The van der Waals surface area contributed by atoms with Gasteiger partial charge in [0.15, 0.2) is 0 Å². The van der Waals surface area contributed by atoms with Gasteiger partial charge in [0.05, 0.1) is 6.07 Å². The second-order valence-corrected chi connectivity index (χ2v) is 1.06. The molecule has 0 radical (unpaired) electrons. The van der Waals surface area contributed by atoms with Gasteiger partial charge in [-0.15, -0.1) is 0 Å². The quantitative estimate of drug-likeness (QED) is 0.357. The van der Waals surface area contributed by atoms with E-state index in [4.69, 9.17) is 5.26 Å². The average molecular weight is 93.1 g/mol. The molecule has 0 rings (SSSR count). The summed E-state index contributed by atoms with van der Waals surface area (Å²) >= 11 is 0. The van der Waals surface area contributed by atoms with Crippen molar-refractivity contribution in [1.82, 2.24) is 0 Å². The third-order valence-electron chi connectivity index (χ3n) is 0.660. The number of allylic oxidation sites excluding steroid dienone is 3.